The van der Waals surface area contributed by atoms with Crippen molar-refractivity contribution in [2.75, 3.05) is 0 Å². The zero-order valence-corrected chi connectivity index (χ0v) is 15.6. The molecule has 1 heterocycles. The van der Waals surface area contributed by atoms with Gasteiger partial charge in [-0.3, -0.25) is 0 Å². The molecule has 3 aromatic rings. The van der Waals surface area contributed by atoms with Gasteiger partial charge in [0.1, 0.15) is 5.75 Å². The molecule has 1 saturated carbocycles. The highest BCUT2D eigenvalue weighted by molar-refractivity contribution is 5.97. The van der Waals surface area contributed by atoms with E-state index >= 15 is 0 Å². The normalized spacial score (nSPS) is 14.2. The van der Waals surface area contributed by atoms with Crippen LogP contribution in [-0.2, 0) is 7.05 Å². The molecule has 26 heavy (non-hydrogen) atoms. The van der Waals surface area contributed by atoms with Crippen LogP contribution in [0, 0.1) is 6.92 Å². The van der Waals surface area contributed by atoms with Gasteiger partial charge in [-0.15, -0.1) is 0 Å². The highest BCUT2D eigenvalue weighted by Crippen LogP contribution is 2.44. The molecule has 2 heteroatoms. The standard InChI is InChI=1S/C24H25NO/c1-5-18-20-15-14-16(3)24(23(20)25(4)21(18)6-2)26-22-13-8-7-12-19(22)17-10-9-11-17/h5-8,12-15,17H,1-2,9-11H2,3-4H3. The Morgan fingerprint density at radius 3 is 2.50 bits per heavy atom. The number of ether oxygens (including phenoxy) is 1. The van der Waals surface area contributed by atoms with Gasteiger partial charge in [-0.1, -0.05) is 56.0 Å². The third kappa shape index (κ3) is 2.48. The van der Waals surface area contributed by atoms with Crippen molar-refractivity contribution >= 4 is 23.1 Å². The first-order valence-corrected chi connectivity index (χ1v) is 9.29. The molecule has 0 bridgehead atoms. The highest BCUT2D eigenvalue weighted by Gasteiger charge is 2.24. The molecule has 0 N–H and O–H groups in total. The summed E-state index contributed by atoms with van der Waals surface area (Å²) in [6.07, 6.45) is 7.62. The number of hydrogen-bond acceptors (Lipinski definition) is 1. The van der Waals surface area contributed by atoms with Crippen LogP contribution in [0.15, 0.2) is 49.6 Å². The number of nitrogens with zero attached hydrogens (tertiary/aromatic N) is 1. The van der Waals surface area contributed by atoms with Crippen molar-refractivity contribution in [3.63, 3.8) is 0 Å². The van der Waals surface area contributed by atoms with Crippen LogP contribution in [0.5, 0.6) is 11.5 Å². The summed E-state index contributed by atoms with van der Waals surface area (Å²) in [5.41, 5.74) is 5.73. The number of fused-ring (bicyclic) bond motifs is 1. The van der Waals surface area contributed by atoms with Gasteiger partial charge in [-0.05, 0) is 49.0 Å². The fourth-order valence-electron chi connectivity index (χ4n) is 3.99. The first-order valence-electron chi connectivity index (χ1n) is 9.29. The number of rotatable bonds is 5. The van der Waals surface area contributed by atoms with E-state index in [4.69, 9.17) is 4.74 Å². The van der Waals surface area contributed by atoms with Crippen molar-refractivity contribution in [3.05, 3.63) is 71.9 Å². The van der Waals surface area contributed by atoms with Crippen LogP contribution in [0.2, 0.25) is 0 Å². The summed E-state index contributed by atoms with van der Waals surface area (Å²) in [5, 5.41) is 1.15. The van der Waals surface area contributed by atoms with Gasteiger partial charge in [0.15, 0.2) is 5.75 Å². The predicted octanol–water partition coefficient (Wildman–Crippen LogP) is 6.83. The van der Waals surface area contributed by atoms with Crippen molar-refractivity contribution in [1.82, 2.24) is 4.57 Å². The zero-order valence-electron chi connectivity index (χ0n) is 15.6. The number of para-hydroxylation sites is 1. The smallest absolute Gasteiger partial charge is 0.154 e. The first kappa shape index (κ1) is 16.7. The van der Waals surface area contributed by atoms with E-state index in [2.05, 4.69) is 68.1 Å². The molecule has 1 aromatic heterocycles. The Morgan fingerprint density at radius 2 is 1.85 bits per heavy atom. The SMILES string of the molecule is C=Cc1c(C=C)n(C)c2c(Oc3ccccc3C3CCC3)c(C)ccc12. The first-order chi connectivity index (χ1) is 12.7. The summed E-state index contributed by atoms with van der Waals surface area (Å²) in [6.45, 7) is 10.1. The third-order valence-corrected chi connectivity index (χ3v) is 5.66. The minimum Gasteiger partial charge on any atom is -0.455 e. The van der Waals surface area contributed by atoms with Gasteiger partial charge < -0.3 is 9.30 Å². The summed E-state index contributed by atoms with van der Waals surface area (Å²) in [7, 11) is 2.07. The molecule has 0 radical (unpaired) electrons. The molecule has 0 atom stereocenters. The molecule has 2 aromatic carbocycles. The molecule has 0 saturated heterocycles. The molecule has 0 amide bonds. The van der Waals surface area contributed by atoms with Crippen molar-refractivity contribution in [2.24, 2.45) is 7.05 Å². The van der Waals surface area contributed by atoms with Gasteiger partial charge in [-0.2, -0.15) is 0 Å². The second-order valence-electron chi connectivity index (χ2n) is 7.14. The summed E-state index contributed by atoms with van der Waals surface area (Å²) < 4.78 is 8.72. The fourth-order valence-corrected chi connectivity index (χ4v) is 3.99. The van der Waals surface area contributed by atoms with E-state index in [0.29, 0.717) is 5.92 Å². The van der Waals surface area contributed by atoms with Crippen LogP contribution in [0.4, 0.5) is 0 Å². The molecule has 132 valence electrons. The molecule has 0 unspecified atom stereocenters. The summed E-state index contributed by atoms with van der Waals surface area (Å²) in [6, 6.07) is 12.8. The monoisotopic (exact) mass is 343 g/mol. The van der Waals surface area contributed by atoms with Crippen molar-refractivity contribution < 1.29 is 4.74 Å². The average molecular weight is 343 g/mol. The average Bonchev–Trinajstić information content (AvgIpc) is 2.88. The van der Waals surface area contributed by atoms with E-state index in [9.17, 15) is 0 Å². The molecular formula is C24H25NO. The van der Waals surface area contributed by atoms with E-state index in [0.717, 1.165) is 39.2 Å². The highest BCUT2D eigenvalue weighted by atomic mass is 16.5. The molecule has 1 aliphatic carbocycles. The summed E-state index contributed by atoms with van der Waals surface area (Å²) >= 11 is 0. The second kappa shape index (κ2) is 6.53. The van der Waals surface area contributed by atoms with Crippen LogP contribution < -0.4 is 4.74 Å². The van der Waals surface area contributed by atoms with E-state index in [1.807, 2.05) is 12.2 Å². The maximum Gasteiger partial charge on any atom is 0.154 e. The van der Waals surface area contributed by atoms with Crippen molar-refractivity contribution in [2.45, 2.75) is 32.1 Å². The lowest BCUT2D eigenvalue weighted by Gasteiger charge is -2.27. The number of aryl methyl sites for hydroxylation is 2. The van der Waals surface area contributed by atoms with Gasteiger partial charge in [-0.25, -0.2) is 0 Å². The van der Waals surface area contributed by atoms with E-state index in [1.54, 1.807) is 0 Å². The number of hydrogen-bond donors (Lipinski definition) is 0. The summed E-state index contributed by atoms with van der Waals surface area (Å²) in [4.78, 5) is 0. The topological polar surface area (TPSA) is 14.2 Å². The lowest BCUT2D eigenvalue weighted by Crippen LogP contribution is -2.10. The minimum atomic E-state index is 0.631. The molecule has 0 spiro atoms. The Kier molecular flexibility index (Phi) is 4.20. The Labute approximate surface area is 155 Å². The minimum absolute atomic E-state index is 0.631. The van der Waals surface area contributed by atoms with Crippen LogP contribution >= 0.6 is 0 Å². The van der Waals surface area contributed by atoms with Crippen LogP contribution in [0.25, 0.3) is 23.1 Å². The zero-order chi connectivity index (χ0) is 18.3. The Morgan fingerprint density at radius 1 is 1.08 bits per heavy atom. The number of benzene rings is 2. The summed E-state index contributed by atoms with van der Waals surface area (Å²) in [5.74, 6) is 2.54. The molecule has 4 rings (SSSR count). The Bertz CT molecular complexity index is 1000. The van der Waals surface area contributed by atoms with E-state index in [1.165, 1.54) is 24.8 Å². The maximum atomic E-state index is 6.56. The molecule has 1 fully saturated rings. The largest absolute Gasteiger partial charge is 0.455 e. The van der Waals surface area contributed by atoms with E-state index < -0.39 is 0 Å². The Hall–Kier alpha value is -2.74. The molecular weight excluding hydrogens is 318 g/mol. The third-order valence-electron chi connectivity index (χ3n) is 5.66. The van der Waals surface area contributed by atoms with Crippen LogP contribution in [-0.4, -0.2) is 4.57 Å². The quantitative estimate of drug-likeness (QED) is 0.495. The van der Waals surface area contributed by atoms with Crippen LogP contribution in [0.1, 0.15) is 47.6 Å². The fraction of sp³-hybridized carbons (Fsp3) is 0.250. The lowest BCUT2D eigenvalue weighted by molar-refractivity contribution is 0.397. The number of aromatic nitrogens is 1. The van der Waals surface area contributed by atoms with Crippen molar-refractivity contribution in [1.29, 1.82) is 0 Å². The van der Waals surface area contributed by atoms with E-state index in [-0.39, 0.29) is 0 Å². The van der Waals surface area contributed by atoms with Gasteiger partial charge in [0.2, 0.25) is 0 Å². The Balaban J connectivity index is 1.90. The lowest BCUT2D eigenvalue weighted by atomic mass is 9.80. The second-order valence-corrected chi connectivity index (χ2v) is 7.14. The predicted molar refractivity (Wildman–Crippen MR) is 111 cm³/mol. The van der Waals surface area contributed by atoms with Gasteiger partial charge >= 0.3 is 0 Å². The molecule has 1 aliphatic rings. The van der Waals surface area contributed by atoms with Gasteiger partial charge in [0, 0.05) is 23.7 Å². The maximum absolute atomic E-state index is 6.56. The molecule has 0 aliphatic heterocycles. The van der Waals surface area contributed by atoms with Crippen molar-refractivity contribution in [3.8, 4) is 11.5 Å². The van der Waals surface area contributed by atoms with Gasteiger partial charge in [0.05, 0.1) is 5.52 Å². The molecule has 2 nitrogen and oxygen atoms in total. The van der Waals surface area contributed by atoms with Gasteiger partial charge in [0.25, 0.3) is 0 Å². The van der Waals surface area contributed by atoms with Crippen LogP contribution in [0.3, 0.4) is 0 Å².